The molecule has 0 spiro atoms. The number of amides is 1. The molecule has 0 aliphatic carbocycles. The van der Waals surface area contributed by atoms with Gasteiger partial charge in [-0.3, -0.25) is 9.79 Å². The highest BCUT2D eigenvalue weighted by molar-refractivity contribution is 8.03. The number of carbonyl (C=O) groups is 2. The summed E-state index contributed by atoms with van der Waals surface area (Å²) < 4.78 is 0. The summed E-state index contributed by atoms with van der Waals surface area (Å²) in [6.45, 7) is 6.47. The number of β-amino-alcohol motifs (C(OH)–C–C–N with tert-alkyl or cyclic N) is 1. The van der Waals surface area contributed by atoms with E-state index in [1.54, 1.807) is 6.92 Å². The van der Waals surface area contributed by atoms with Crippen molar-refractivity contribution >= 4 is 29.5 Å². The molecule has 9 nitrogen and oxygen atoms in total. The third-order valence-corrected chi connectivity index (χ3v) is 7.86. The Morgan fingerprint density at radius 3 is 2.86 bits per heavy atom. The molecule has 0 unspecified atom stereocenters. The molecule has 0 saturated carbocycles. The molecule has 0 bridgehead atoms. The number of nitrogens with zero attached hydrogens (tertiary/aromatic N) is 3. The number of carbonyl (C=O) groups excluding carboxylic acids is 1. The summed E-state index contributed by atoms with van der Waals surface area (Å²) >= 11 is 1.54. The summed E-state index contributed by atoms with van der Waals surface area (Å²) in [7, 11) is 0. The largest absolute Gasteiger partial charge is 0.477 e. The number of aliphatic carboxylic acids is 1. The Morgan fingerprint density at radius 1 is 1.45 bits per heavy atom. The first-order chi connectivity index (χ1) is 13.8. The van der Waals surface area contributed by atoms with Crippen LogP contribution >= 0.6 is 11.8 Å². The molecule has 4 aliphatic heterocycles. The molecule has 6 atom stereocenters. The van der Waals surface area contributed by atoms with E-state index < -0.39 is 18.0 Å². The number of aliphatic hydroxyl groups excluding tert-OH is 2. The van der Waals surface area contributed by atoms with Gasteiger partial charge in [-0.25, -0.2) is 4.79 Å². The minimum absolute atomic E-state index is 0.0814. The van der Waals surface area contributed by atoms with Gasteiger partial charge in [0.2, 0.25) is 5.91 Å². The SMILES string of the molecule is C[C@@H](O)[C@@H]1C(=O)N2C(C(=O)O)=C(S[C@@H]3CN[C@H](C4=NCCN4CCO)C3)[C@H](C)[C@H]12. The lowest BCUT2D eigenvalue weighted by molar-refractivity contribution is -0.163. The third-order valence-electron chi connectivity index (χ3n) is 6.34. The van der Waals surface area contributed by atoms with E-state index in [-0.39, 0.29) is 41.5 Å². The van der Waals surface area contributed by atoms with E-state index in [9.17, 15) is 24.9 Å². The first-order valence-corrected chi connectivity index (χ1v) is 11.0. The molecule has 0 aromatic carbocycles. The molecule has 0 radical (unpaired) electrons. The first-order valence-electron chi connectivity index (χ1n) is 10.1. The van der Waals surface area contributed by atoms with Gasteiger partial charge in [0.05, 0.1) is 37.3 Å². The molecule has 29 heavy (non-hydrogen) atoms. The van der Waals surface area contributed by atoms with E-state index in [0.717, 1.165) is 36.8 Å². The number of carboxylic acids is 1. The van der Waals surface area contributed by atoms with Gasteiger partial charge in [-0.1, -0.05) is 6.92 Å². The zero-order chi connectivity index (χ0) is 20.9. The topological polar surface area (TPSA) is 126 Å². The van der Waals surface area contributed by atoms with Crippen LogP contribution in [0.1, 0.15) is 20.3 Å². The number of carboxylic acid groups (broad SMARTS) is 1. The first kappa shape index (κ1) is 20.6. The maximum absolute atomic E-state index is 12.5. The zero-order valence-corrected chi connectivity index (χ0v) is 17.4. The number of hydrogen-bond acceptors (Lipinski definition) is 8. The molecule has 4 rings (SSSR count). The van der Waals surface area contributed by atoms with Crippen molar-refractivity contribution < 1.29 is 24.9 Å². The zero-order valence-electron chi connectivity index (χ0n) is 16.6. The number of nitrogens with one attached hydrogen (secondary N) is 1. The maximum atomic E-state index is 12.5. The Bertz CT molecular complexity index is 770. The highest BCUT2D eigenvalue weighted by Crippen LogP contribution is 2.51. The standard InChI is InChI=1S/C19H28N4O5S/c1-9-14-13(10(2)25)18(26)23(14)15(19(27)28)16(9)29-11-7-12(21-8-11)17-20-3-4-22(17)5-6-24/h9-14,21,24-25H,3-8H2,1-2H3,(H,27,28)/t9-,10-,11+,12+,13+,14-/m1/s1. The number of aliphatic imine (C=N–C) groups is 1. The molecule has 0 aromatic heterocycles. The van der Waals surface area contributed by atoms with Gasteiger partial charge in [0.1, 0.15) is 11.5 Å². The van der Waals surface area contributed by atoms with Crippen LogP contribution < -0.4 is 5.32 Å². The van der Waals surface area contributed by atoms with Crippen molar-refractivity contribution in [3.05, 3.63) is 10.6 Å². The number of fused-ring (bicyclic) bond motifs is 1. The van der Waals surface area contributed by atoms with Gasteiger partial charge < -0.3 is 30.4 Å². The highest BCUT2D eigenvalue weighted by Gasteiger charge is 2.60. The molecule has 4 aliphatic rings. The highest BCUT2D eigenvalue weighted by atomic mass is 32.2. The number of hydrogen-bond donors (Lipinski definition) is 4. The van der Waals surface area contributed by atoms with E-state index >= 15 is 0 Å². The smallest absolute Gasteiger partial charge is 0.353 e. The Hall–Kier alpha value is -1.62. The molecule has 0 aromatic rings. The fourth-order valence-electron chi connectivity index (χ4n) is 5.03. The Labute approximate surface area is 173 Å². The van der Waals surface area contributed by atoms with Crippen molar-refractivity contribution in [3.63, 3.8) is 0 Å². The fourth-order valence-corrected chi connectivity index (χ4v) is 6.50. The van der Waals surface area contributed by atoms with E-state index in [1.165, 1.54) is 16.7 Å². The van der Waals surface area contributed by atoms with Crippen molar-refractivity contribution in [2.24, 2.45) is 16.8 Å². The van der Waals surface area contributed by atoms with Crippen molar-refractivity contribution in [2.45, 2.75) is 43.7 Å². The lowest BCUT2D eigenvalue weighted by atomic mass is 9.79. The van der Waals surface area contributed by atoms with Crippen LogP contribution in [0.25, 0.3) is 0 Å². The molecule has 2 fully saturated rings. The number of aliphatic hydroxyl groups is 2. The van der Waals surface area contributed by atoms with E-state index in [0.29, 0.717) is 6.54 Å². The van der Waals surface area contributed by atoms with Crippen LogP contribution in [0.2, 0.25) is 0 Å². The summed E-state index contributed by atoms with van der Waals surface area (Å²) in [4.78, 5) is 33.2. The summed E-state index contributed by atoms with van der Waals surface area (Å²) in [5.74, 6) is -1.06. The van der Waals surface area contributed by atoms with Crippen LogP contribution in [0.3, 0.4) is 0 Å². The summed E-state index contributed by atoms with van der Waals surface area (Å²) in [5, 5.41) is 32.6. The molecule has 4 heterocycles. The molecule has 1 amide bonds. The second-order valence-corrected chi connectivity index (χ2v) is 9.50. The average Bonchev–Trinajstić information content (AvgIpc) is 3.34. The monoisotopic (exact) mass is 424 g/mol. The van der Waals surface area contributed by atoms with Crippen molar-refractivity contribution in [2.75, 3.05) is 32.8 Å². The molecule has 160 valence electrons. The van der Waals surface area contributed by atoms with Gasteiger partial charge >= 0.3 is 5.97 Å². The van der Waals surface area contributed by atoms with Crippen molar-refractivity contribution in [3.8, 4) is 0 Å². The molecule has 2 saturated heterocycles. The molecule has 4 N–H and O–H groups in total. The van der Waals surface area contributed by atoms with Crippen LogP contribution in [0.5, 0.6) is 0 Å². The van der Waals surface area contributed by atoms with Gasteiger partial charge in [-0.2, -0.15) is 0 Å². The number of amidine groups is 1. The summed E-state index contributed by atoms with van der Waals surface area (Å²) in [5.41, 5.74) is 0.0814. The Kier molecular flexibility index (Phi) is 5.62. The molecule has 10 heteroatoms. The predicted octanol–water partition coefficient (Wildman–Crippen LogP) is -0.690. The minimum Gasteiger partial charge on any atom is -0.477 e. The van der Waals surface area contributed by atoms with Crippen LogP contribution in [0, 0.1) is 11.8 Å². The number of thioether (sulfide) groups is 1. The third kappa shape index (κ3) is 3.35. The normalized spacial score (nSPS) is 35.1. The van der Waals surface area contributed by atoms with E-state index in [4.69, 9.17) is 0 Å². The van der Waals surface area contributed by atoms with Gasteiger partial charge in [0.15, 0.2) is 0 Å². The summed E-state index contributed by atoms with van der Waals surface area (Å²) in [6, 6.07) is -0.184. The van der Waals surface area contributed by atoms with E-state index in [2.05, 4.69) is 15.2 Å². The van der Waals surface area contributed by atoms with Gasteiger partial charge in [0, 0.05) is 35.7 Å². The minimum atomic E-state index is -1.09. The number of rotatable bonds is 7. The van der Waals surface area contributed by atoms with E-state index in [1.807, 2.05) is 6.92 Å². The second kappa shape index (κ2) is 7.90. The summed E-state index contributed by atoms with van der Waals surface area (Å²) in [6.07, 6.45) is 0.0218. The van der Waals surface area contributed by atoms with Crippen LogP contribution in [0.15, 0.2) is 15.6 Å². The van der Waals surface area contributed by atoms with Gasteiger partial charge in [-0.15, -0.1) is 11.8 Å². The number of β-lactam (4-membered cyclic amide) rings is 1. The second-order valence-electron chi connectivity index (χ2n) is 8.16. The lowest BCUT2D eigenvalue weighted by Gasteiger charge is -2.46. The molecular formula is C19H28N4O5S. The Balaban J connectivity index is 1.48. The van der Waals surface area contributed by atoms with Crippen LogP contribution in [-0.2, 0) is 9.59 Å². The van der Waals surface area contributed by atoms with Gasteiger partial charge in [0.25, 0.3) is 0 Å². The van der Waals surface area contributed by atoms with Crippen molar-refractivity contribution in [1.82, 2.24) is 15.1 Å². The molecular weight excluding hydrogens is 396 g/mol. The van der Waals surface area contributed by atoms with Crippen LogP contribution in [0.4, 0.5) is 0 Å². The maximum Gasteiger partial charge on any atom is 0.353 e. The van der Waals surface area contributed by atoms with Gasteiger partial charge in [-0.05, 0) is 13.3 Å². The van der Waals surface area contributed by atoms with Crippen molar-refractivity contribution in [1.29, 1.82) is 0 Å². The average molecular weight is 425 g/mol. The quantitative estimate of drug-likeness (QED) is 0.396. The van der Waals surface area contributed by atoms with Crippen LogP contribution in [-0.4, -0.2) is 99.1 Å². The fraction of sp³-hybridized carbons (Fsp3) is 0.737. The predicted molar refractivity (Wildman–Crippen MR) is 108 cm³/mol. The lowest BCUT2D eigenvalue weighted by Crippen LogP contribution is -2.63. The Morgan fingerprint density at radius 2 is 2.21 bits per heavy atom.